The summed E-state index contributed by atoms with van der Waals surface area (Å²) in [5.74, 6) is -0.888. The molecule has 22 heavy (non-hydrogen) atoms. The fourth-order valence-electron chi connectivity index (χ4n) is 2.84. The van der Waals surface area contributed by atoms with E-state index in [0.717, 1.165) is 36.6 Å². The minimum Gasteiger partial charge on any atom is -0.477 e. The average Bonchev–Trinajstić information content (AvgIpc) is 2.99. The molecule has 0 saturated carbocycles. The fraction of sp³-hybridized carbons (Fsp3) is 0.412. The molecule has 1 aromatic carbocycles. The van der Waals surface area contributed by atoms with Gasteiger partial charge in [-0.15, -0.1) is 11.3 Å². The van der Waals surface area contributed by atoms with E-state index in [1.165, 1.54) is 30.6 Å². The van der Waals surface area contributed by atoms with Crippen LogP contribution in [0.2, 0.25) is 0 Å². The lowest BCUT2D eigenvalue weighted by molar-refractivity contribution is 0.0702. The Morgan fingerprint density at radius 2 is 1.91 bits per heavy atom. The maximum Gasteiger partial charge on any atom is 0.348 e. The van der Waals surface area contributed by atoms with Crippen LogP contribution in [0.15, 0.2) is 30.3 Å². The zero-order chi connectivity index (χ0) is 15.4. The van der Waals surface area contributed by atoms with Gasteiger partial charge in [-0.25, -0.2) is 9.78 Å². The van der Waals surface area contributed by atoms with Crippen LogP contribution in [-0.4, -0.2) is 40.6 Å². The Morgan fingerprint density at radius 3 is 2.59 bits per heavy atom. The van der Waals surface area contributed by atoms with Crippen LogP contribution in [0.4, 0.5) is 0 Å². The molecule has 116 valence electrons. The maximum absolute atomic E-state index is 11.5. The highest BCUT2D eigenvalue weighted by molar-refractivity contribution is 7.14. The van der Waals surface area contributed by atoms with Crippen molar-refractivity contribution in [3.8, 4) is 11.3 Å². The van der Waals surface area contributed by atoms with Crippen molar-refractivity contribution < 1.29 is 9.90 Å². The van der Waals surface area contributed by atoms with Crippen molar-refractivity contribution in [3.05, 3.63) is 40.2 Å². The van der Waals surface area contributed by atoms with Gasteiger partial charge in [0, 0.05) is 18.5 Å². The summed E-state index contributed by atoms with van der Waals surface area (Å²) < 4.78 is 0. The molecule has 0 spiro atoms. The Bertz CT molecular complexity index is 633. The van der Waals surface area contributed by atoms with Crippen molar-refractivity contribution in [1.82, 2.24) is 9.88 Å². The number of carboxylic acids is 1. The van der Waals surface area contributed by atoms with Gasteiger partial charge in [-0.1, -0.05) is 36.8 Å². The highest BCUT2D eigenvalue weighted by Gasteiger charge is 2.19. The Morgan fingerprint density at radius 1 is 1.18 bits per heavy atom. The quantitative estimate of drug-likeness (QED) is 0.917. The van der Waals surface area contributed by atoms with Crippen LogP contribution in [0.5, 0.6) is 0 Å². The molecule has 1 saturated heterocycles. The summed E-state index contributed by atoms with van der Waals surface area (Å²) in [6, 6.07) is 9.57. The van der Waals surface area contributed by atoms with E-state index in [1.54, 1.807) is 0 Å². The molecule has 0 radical (unpaired) electrons. The van der Waals surface area contributed by atoms with Crippen molar-refractivity contribution in [2.45, 2.75) is 25.7 Å². The van der Waals surface area contributed by atoms with Crippen LogP contribution < -0.4 is 0 Å². The molecule has 1 fully saturated rings. The number of thiazole rings is 1. The Balaban J connectivity index is 1.76. The number of benzene rings is 1. The first-order chi connectivity index (χ1) is 10.7. The minimum absolute atomic E-state index is 0.347. The standard InChI is InChI=1S/C17H20N2O2S/c20-17(21)16-15(13-7-3-1-4-8-13)18-14(22-16)9-12-19-10-5-2-6-11-19/h1,3-4,7-8H,2,5-6,9-12H2,(H,20,21). The molecule has 2 aromatic rings. The minimum atomic E-state index is -0.888. The summed E-state index contributed by atoms with van der Waals surface area (Å²) in [6.07, 6.45) is 4.70. The Hall–Kier alpha value is -1.72. The van der Waals surface area contributed by atoms with Crippen LogP contribution >= 0.6 is 11.3 Å². The number of carbonyl (C=O) groups is 1. The third kappa shape index (κ3) is 3.54. The van der Waals surface area contributed by atoms with Gasteiger partial charge in [-0.2, -0.15) is 0 Å². The van der Waals surface area contributed by atoms with Gasteiger partial charge in [0.25, 0.3) is 0 Å². The molecule has 0 bridgehead atoms. The second-order valence-corrected chi connectivity index (χ2v) is 6.69. The van der Waals surface area contributed by atoms with Crippen LogP contribution in [0.25, 0.3) is 11.3 Å². The van der Waals surface area contributed by atoms with Gasteiger partial charge in [0.05, 0.1) is 10.7 Å². The van der Waals surface area contributed by atoms with Crippen LogP contribution in [0.1, 0.15) is 33.9 Å². The summed E-state index contributed by atoms with van der Waals surface area (Å²) in [5, 5.41) is 10.3. The first-order valence-corrected chi connectivity index (χ1v) is 8.56. The van der Waals surface area contributed by atoms with Crippen molar-refractivity contribution in [2.24, 2.45) is 0 Å². The van der Waals surface area contributed by atoms with Crippen molar-refractivity contribution >= 4 is 17.3 Å². The van der Waals surface area contributed by atoms with Gasteiger partial charge in [0.2, 0.25) is 0 Å². The van der Waals surface area contributed by atoms with E-state index in [-0.39, 0.29) is 0 Å². The molecule has 0 unspecified atom stereocenters. The van der Waals surface area contributed by atoms with E-state index in [0.29, 0.717) is 10.6 Å². The number of carboxylic acid groups (broad SMARTS) is 1. The molecule has 5 heteroatoms. The van der Waals surface area contributed by atoms with Crippen LogP contribution in [-0.2, 0) is 6.42 Å². The van der Waals surface area contributed by atoms with E-state index in [2.05, 4.69) is 9.88 Å². The predicted octanol–water partition coefficient (Wildman–Crippen LogP) is 3.54. The van der Waals surface area contributed by atoms with Crippen LogP contribution in [0.3, 0.4) is 0 Å². The van der Waals surface area contributed by atoms with Gasteiger partial charge >= 0.3 is 5.97 Å². The molecular weight excluding hydrogens is 296 g/mol. The number of piperidine rings is 1. The first-order valence-electron chi connectivity index (χ1n) is 7.75. The topological polar surface area (TPSA) is 53.4 Å². The van der Waals surface area contributed by atoms with Crippen molar-refractivity contribution in [2.75, 3.05) is 19.6 Å². The predicted molar refractivity (Wildman–Crippen MR) is 88.5 cm³/mol. The SMILES string of the molecule is O=C(O)c1sc(CCN2CCCCC2)nc1-c1ccccc1. The summed E-state index contributed by atoms with van der Waals surface area (Å²) >= 11 is 1.31. The summed E-state index contributed by atoms with van der Waals surface area (Å²) in [4.78, 5) is 18.9. The highest BCUT2D eigenvalue weighted by atomic mass is 32.1. The highest BCUT2D eigenvalue weighted by Crippen LogP contribution is 2.28. The maximum atomic E-state index is 11.5. The number of likely N-dealkylation sites (tertiary alicyclic amines) is 1. The smallest absolute Gasteiger partial charge is 0.348 e. The van der Waals surface area contributed by atoms with E-state index in [1.807, 2.05) is 30.3 Å². The molecule has 3 rings (SSSR count). The summed E-state index contributed by atoms with van der Waals surface area (Å²) in [7, 11) is 0. The number of nitrogens with zero attached hydrogens (tertiary/aromatic N) is 2. The molecule has 1 aliphatic rings. The van der Waals surface area contributed by atoms with Gasteiger partial charge in [-0.05, 0) is 25.9 Å². The number of aromatic nitrogens is 1. The molecule has 4 nitrogen and oxygen atoms in total. The number of aromatic carboxylic acids is 1. The third-order valence-electron chi connectivity index (χ3n) is 4.00. The second kappa shape index (κ2) is 7.03. The third-order valence-corrected chi connectivity index (χ3v) is 5.11. The van der Waals surface area contributed by atoms with Crippen molar-refractivity contribution in [1.29, 1.82) is 0 Å². The summed E-state index contributed by atoms with van der Waals surface area (Å²) in [5.41, 5.74) is 1.48. The molecular formula is C17H20N2O2S. The van der Waals surface area contributed by atoms with E-state index in [4.69, 9.17) is 0 Å². The molecule has 1 N–H and O–H groups in total. The molecule has 0 amide bonds. The van der Waals surface area contributed by atoms with Crippen molar-refractivity contribution in [3.63, 3.8) is 0 Å². The van der Waals surface area contributed by atoms with Gasteiger partial charge in [0.15, 0.2) is 0 Å². The first kappa shape index (κ1) is 15.2. The van der Waals surface area contributed by atoms with Crippen LogP contribution in [0, 0.1) is 0 Å². The number of rotatable bonds is 5. The molecule has 0 atom stereocenters. The zero-order valence-electron chi connectivity index (χ0n) is 12.5. The molecule has 0 aliphatic carbocycles. The number of hydrogen-bond acceptors (Lipinski definition) is 4. The normalized spacial score (nSPS) is 15.8. The lowest BCUT2D eigenvalue weighted by atomic mass is 10.1. The Kier molecular flexibility index (Phi) is 4.85. The molecule has 2 heterocycles. The monoisotopic (exact) mass is 316 g/mol. The van der Waals surface area contributed by atoms with Gasteiger partial charge < -0.3 is 10.0 Å². The van der Waals surface area contributed by atoms with E-state index in [9.17, 15) is 9.90 Å². The van der Waals surface area contributed by atoms with E-state index < -0.39 is 5.97 Å². The van der Waals surface area contributed by atoms with E-state index >= 15 is 0 Å². The lowest BCUT2D eigenvalue weighted by Crippen LogP contribution is -2.31. The summed E-state index contributed by atoms with van der Waals surface area (Å²) in [6.45, 7) is 3.28. The zero-order valence-corrected chi connectivity index (χ0v) is 13.3. The van der Waals surface area contributed by atoms with Gasteiger partial charge in [0.1, 0.15) is 4.88 Å². The largest absolute Gasteiger partial charge is 0.477 e. The average molecular weight is 316 g/mol. The van der Waals surface area contributed by atoms with Gasteiger partial charge in [-0.3, -0.25) is 0 Å². The number of hydrogen-bond donors (Lipinski definition) is 1. The molecule has 1 aliphatic heterocycles. The second-order valence-electron chi connectivity index (χ2n) is 5.61. The lowest BCUT2D eigenvalue weighted by Gasteiger charge is -2.25. The molecule has 1 aromatic heterocycles. The fourth-order valence-corrected chi connectivity index (χ4v) is 3.76. The Labute approximate surface area is 134 Å².